The summed E-state index contributed by atoms with van der Waals surface area (Å²) in [6, 6.07) is 9.25. The van der Waals surface area contributed by atoms with Crippen molar-refractivity contribution in [1.29, 1.82) is 0 Å². The average Bonchev–Trinajstić information content (AvgIpc) is 3.08. The first-order chi connectivity index (χ1) is 8.31. The molecule has 0 heterocycles. The Labute approximate surface area is 104 Å². The largest absolute Gasteiger partial charge is 0.399 e. The van der Waals surface area contributed by atoms with Gasteiger partial charge in [0.25, 0.3) is 0 Å². The molecule has 0 saturated heterocycles. The van der Waals surface area contributed by atoms with Gasteiger partial charge in [-0.1, -0.05) is 18.6 Å². The standard InChI is InChI=1S/C15H22N2/c16-14-6-4-13(5-7-14)11-17(15-8-9-15)10-12-2-1-3-12/h4-7,12,15H,1-3,8-11,16H2. The van der Waals surface area contributed by atoms with Gasteiger partial charge in [0, 0.05) is 24.8 Å². The van der Waals surface area contributed by atoms with Crippen molar-refractivity contribution in [2.75, 3.05) is 12.3 Å². The smallest absolute Gasteiger partial charge is 0.0314 e. The lowest BCUT2D eigenvalue weighted by Crippen LogP contribution is -2.33. The van der Waals surface area contributed by atoms with Crippen LogP contribution < -0.4 is 5.73 Å². The van der Waals surface area contributed by atoms with Crippen LogP contribution in [-0.2, 0) is 6.54 Å². The molecular formula is C15H22N2. The number of hydrogen-bond acceptors (Lipinski definition) is 2. The molecule has 0 radical (unpaired) electrons. The number of nitrogens with zero attached hydrogens (tertiary/aromatic N) is 1. The van der Waals surface area contributed by atoms with Gasteiger partial charge in [0.1, 0.15) is 0 Å². The molecule has 17 heavy (non-hydrogen) atoms. The van der Waals surface area contributed by atoms with Gasteiger partial charge in [-0.2, -0.15) is 0 Å². The lowest BCUT2D eigenvalue weighted by molar-refractivity contribution is 0.164. The van der Waals surface area contributed by atoms with Crippen LogP contribution in [0.4, 0.5) is 5.69 Å². The predicted octanol–water partition coefficient (Wildman–Crippen LogP) is 3.03. The highest BCUT2D eigenvalue weighted by Gasteiger charge is 2.31. The zero-order valence-corrected chi connectivity index (χ0v) is 10.4. The van der Waals surface area contributed by atoms with E-state index in [1.54, 1.807) is 0 Å². The zero-order valence-electron chi connectivity index (χ0n) is 10.4. The molecule has 2 nitrogen and oxygen atoms in total. The van der Waals surface area contributed by atoms with Gasteiger partial charge in [-0.15, -0.1) is 0 Å². The minimum Gasteiger partial charge on any atom is -0.399 e. The van der Waals surface area contributed by atoms with Crippen LogP contribution in [0.25, 0.3) is 0 Å². The quantitative estimate of drug-likeness (QED) is 0.788. The summed E-state index contributed by atoms with van der Waals surface area (Å²) in [5.41, 5.74) is 8.00. The lowest BCUT2D eigenvalue weighted by Gasteiger charge is -2.32. The Hall–Kier alpha value is -1.02. The fourth-order valence-corrected chi connectivity index (χ4v) is 2.65. The second-order valence-electron chi connectivity index (χ2n) is 5.70. The molecule has 0 amide bonds. The molecule has 92 valence electrons. The van der Waals surface area contributed by atoms with E-state index >= 15 is 0 Å². The predicted molar refractivity (Wildman–Crippen MR) is 71.6 cm³/mol. The molecule has 2 fully saturated rings. The maximum absolute atomic E-state index is 5.73. The van der Waals surface area contributed by atoms with E-state index in [-0.39, 0.29) is 0 Å². The summed E-state index contributed by atoms with van der Waals surface area (Å²) in [7, 11) is 0. The van der Waals surface area contributed by atoms with Crippen LogP contribution in [0.1, 0.15) is 37.7 Å². The van der Waals surface area contributed by atoms with E-state index in [4.69, 9.17) is 5.73 Å². The fourth-order valence-electron chi connectivity index (χ4n) is 2.65. The van der Waals surface area contributed by atoms with Gasteiger partial charge in [-0.3, -0.25) is 4.90 Å². The molecule has 1 aromatic carbocycles. The third kappa shape index (κ3) is 2.81. The molecule has 2 N–H and O–H groups in total. The average molecular weight is 230 g/mol. The summed E-state index contributed by atoms with van der Waals surface area (Å²) < 4.78 is 0. The molecule has 0 aliphatic heterocycles. The van der Waals surface area contributed by atoms with Crippen molar-refractivity contribution < 1.29 is 0 Å². The van der Waals surface area contributed by atoms with E-state index in [0.717, 1.165) is 24.2 Å². The van der Waals surface area contributed by atoms with Crippen LogP contribution >= 0.6 is 0 Å². The van der Waals surface area contributed by atoms with Gasteiger partial charge >= 0.3 is 0 Å². The Bertz CT molecular complexity index is 363. The number of nitrogen functional groups attached to an aromatic ring is 1. The lowest BCUT2D eigenvalue weighted by atomic mass is 9.85. The number of rotatable bonds is 5. The molecular weight excluding hydrogens is 208 g/mol. The summed E-state index contributed by atoms with van der Waals surface area (Å²) in [5.74, 6) is 0.976. The van der Waals surface area contributed by atoms with Gasteiger partial charge in [-0.25, -0.2) is 0 Å². The third-order valence-electron chi connectivity index (χ3n) is 4.15. The minimum atomic E-state index is 0.866. The topological polar surface area (TPSA) is 29.3 Å². The van der Waals surface area contributed by atoms with Crippen LogP contribution in [0.2, 0.25) is 0 Å². The Morgan fingerprint density at radius 1 is 1.06 bits per heavy atom. The molecule has 1 aromatic rings. The zero-order chi connectivity index (χ0) is 11.7. The fraction of sp³-hybridized carbons (Fsp3) is 0.600. The molecule has 0 atom stereocenters. The van der Waals surface area contributed by atoms with E-state index in [0.29, 0.717) is 0 Å². The van der Waals surface area contributed by atoms with Crippen molar-refractivity contribution in [1.82, 2.24) is 4.90 Å². The summed E-state index contributed by atoms with van der Waals surface area (Å²) in [5, 5.41) is 0. The SMILES string of the molecule is Nc1ccc(CN(CC2CCC2)C2CC2)cc1. The van der Waals surface area contributed by atoms with Crippen LogP contribution in [0.15, 0.2) is 24.3 Å². The second kappa shape index (κ2) is 4.69. The molecule has 0 unspecified atom stereocenters. The highest BCUT2D eigenvalue weighted by molar-refractivity contribution is 5.39. The highest BCUT2D eigenvalue weighted by atomic mass is 15.2. The first-order valence-electron chi connectivity index (χ1n) is 6.90. The molecule has 2 aliphatic rings. The minimum absolute atomic E-state index is 0.866. The van der Waals surface area contributed by atoms with Crippen molar-refractivity contribution >= 4 is 5.69 Å². The monoisotopic (exact) mass is 230 g/mol. The summed E-state index contributed by atoms with van der Waals surface area (Å²) in [4.78, 5) is 2.69. The van der Waals surface area contributed by atoms with Crippen molar-refractivity contribution in [2.24, 2.45) is 5.92 Å². The maximum atomic E-state index is 5.73. The second-order valence-corrected chi connectivity index (χ2v) is 5.70. The van der Waals surface area contributed by atoms with E-state index in [2.05, 4.69) is 17.0 Å². The van der Waals surface area contributed by atoms with Gasteiger partial charge in [0.05, 0.1) is 0 Å². The van der Waals surface area contributed by atoms with Crippen LogP contribution in [0.5, 0.6) is 0 Å². The van der Waals surface area contributed by atoms with E-state index in [1.165, 1.54) is 44.2 Å². The summed E-state index contributed by atoms with van der Waals surface area (Å²) >= 11 is 0. The van der Waals surface area contributed by atoms with Crippen LogP contribution in [0, 0.1) is 5.92 Å². The Morgan fingerprint density at radius 3 is 2.29 bits per heavy atom. The van der Waals surface area contributed by atoms with E-state index < -0.39 is 0 Å². The van der Waals surface area contributed by atoms with Crippen molar-refractivity contribution in [3.05, 3.63) is 29.8 Å². The number of nitrogens with two attached hydrogens (primary N) is 1. The van der Waals surface area contributed by atoms with Gasteiger partial charge in [0.15, 0.2) is 0 Å². The van der Waals surface area contributed by atoms with Crippen molar-refractivity contribution in [3.63, 3.8) is 0 Å². The Kier molecular flexibility index (Phi) is 3.06. The first kappa shape index (κ1) is 11.1. The maximum Gasteiger partial charge on any atom is 0.0314 e. The normalized spacial score (nSPS) is 20.5. The van der Waals surface area contributed by atoms with E-state index in [1.807, 2.05) is 12.1 Å². The molecule has 2 aliphatic carbocycles. The molecule has 2 saturated carbocycles. The van der Waals surface area contributed by atoms with Crippen molar-refractivity contribution in [3.8, 4) is 0 Å². The van der Waals surface area contributed by atoms with Gasteiger partial charge in [0.2, 0.25) is 0 Å². The Morgan fingerprint density at radius 2 is 1.76 bits per heavy atom. The van der Waals surface area contributed by atoms with Crippen molar-refractivity contribution in [2.45, 2.75) is 44.7 Å². The van der Waals surface area contributed by atoms with E-state index in [9.17, 15) is 0 Å². The third-order valence-corrected chi connectivity index (χ3v) is 4.15. The molecule has 0 bridgehead atoms. The van der Waals surface area contributed by atoms with Gasteiger partial charge < -0.3 is 5.73 Å². The van der Waals surface area contributed by atoms with Gasteiger partial charge in [-0.05, 0) is 49.3 Å². The van der Waals surface area contributed by atoms with Crippen LogP contribution in [-0.4, -0.2) is 17.5 Å². The molecule has 2 heteroatoms. The summed E-state index contributed by atoms with van der Waals surface area (Å²) in [6.07, 6.45) is 7.16. The molecule has 0 spiro atoms. The first-order valence-corrected chi connectivity index (χ1v) is 6.90. The van der Waals surface area contributed by atoms with Crippen LogP contribution in [0.3, 0.4) is 0 Å². The molecule has 3 rings (SSSR count). The molecule has 0 aromatic heterocycles. The number of hydrogen-bond donors (Lipinski definition) is 1. The number of benzene rings is 1. The highest BCUT2D eigenvalue weighted by Crippen LogP contribution is 2.33. The number of anilines is 1. The summed E-state index contributed by atoms with van der Waals surface area (Å²) in [6.45, 7) is 2.43. The Balaban J connectivity index is 1.60.